The Morgan fingerprint density at radius 2 is 1.95 bits per heavy atom. The van der Waals surface area contributed by atoms with Gasteiger partial charge in [-0.15, -0.1) is 0 Å². The molecule has 1 aliphatic rings. The van der Waals surface area contributed by atoms with E-state index in [2.05, 4.69) is 0 Å². The summed E-state index contributed by atoms with van der Waals surface area (Å²) in [6.45, 7) is 0.109. The molecule has 1 heterocycles. The number of hydrogen-bond donors (Lipinski definition) is 1. The lowest BCUT2D eigenvalue weighted by atomic mass is 10.1. The summed E-state index contributed by atoms with van der Waals surface area (Å²) >= 11 is 0. The van der Waals surface area contributed by atoms with Crippen molar-refractivity contribution in [2.45, 2.75) is 25.0 Å². The third-order valence-electron chi connectivity index (χ3n) is 2.66. The number of rotatable bonds is 3. The number of carboxylic acids is 1. The van der Waals surface area contributed by atoms with Gasteiger partial charge >= 0.3 is 12.1 Å². The van der Waals surface area contributed by atoms with Crippen molar-refractivity contribution in [2.75, 3.05) is 6.61 Å². The molecule has 7 heteroatoms. The molecule has 0 aliphatic carbocycles. The Hall–Kier alpha value is -1.60. The van der Waals surface area contributed by atoms with Crippen LogP contribution in [0.25, 0.3) is 0 Å². The molecule has 2 unspecified atom stereocenters. The molecule has 2 rings (SSSR count). The van der Waals surface area contributed by atoms with Crippen molar-refractivity contribution in [3.63, 3.8) is 0 Å². The fourth-order valence-electron chi connectivity index (χ4n) is 1.75. The summed E-state index contributed by atoms with van der Waals surface area (Å²) in [5.41, 5.74) is -0.322. The van der Waals surface area contributed by atoms with Gasteiger partial charge in [0.05, 0.1) is 24.7 Å². The van der Waals surface area contributed by atoms with Crippen molar-refractivity contribution < 1.29 is 32.5 Å². The van der Waals surface area contributed by atoms with Crippen LogP contribution in [0.4, 0.5) is 13.2 Å². The summed E-state index contributed by atoms with van der Waals surface area (Å²) < 4.78 is 47.6. The van der Waals surface area contributed by atoms with Gasteiger partial charge in [-0.2, -0.15) is 13.2 Å². The van der Waals surface area contributed by atoms with Crippen LogP contribution in [0.1, 0.15) is 23.8 Å². The van der Waals surface area contributed by atoms with E-state index in [4.69, 9.17) is 14.6 Å². The van der Waals surface area contributed by atoms with Gasteiger partial charge in [0, 0.05) is 5.56 Å². The lowest BCUT2D eigenvalue weighted by Crippen LogP contribution is -2.15. The zero-order valence-electron chi connectivity index (χ0n) is 9.68. The Kier molecular flexibility index (Phi) is 3.77. The Bertz CT molecular complexity index is 455. The van der Waals surface area contributed by atoms with Gasteiger partial charge in [-0.05, 0) is 12.1 Å². The SMILES string of the molecule is O=C(O)CC1COC(c2ccc(C(F)(F)F)cc2)O1. The molecule has 0 amide bonds. The highest BCUT2D eigenvalue weighted by atomic mass is 19.4. The van der Waals surface area contributed by atoms with Gasteiger partial charge in [0.25, 0.3) is 0 Å². The summed E-state index contributed by atoms with van der Waals surface area (Å²) in [6, 6.07) is 4.40. The summed E-state index contributed by atoms with van der Waals surface area (Å²) in [5.74, 6) is -1.01. The van der Waals surface area contributed by atoms with E-state index >= 15 is 0 Å². The third-order valence-corrected chi connectivity index (χ3v) is 2.66. The normalized spacial score (nSPS) is 23.5. The Morgan fingerprint density at radius 3 is 2.47 bits per heavy atom. The molecule has 0 bridgehead atoms. The second-order valence-corrected chi connectivity index (χ2v) is 4.14. The molecular weight excluding hydrogens is 265 g/mol. The monoisotopic (exact) mass is 276 g/mol. The summed E-state index contributed by atoms with van der Waals surface area (Å²) in [4.78, 5) is 10.5. The maximum atomic E-state index is 12.4. The summed E-state index contributed by atoms with van der Waals surface area (Å²) in [7, 11) is 0. The van der Waals surface area contributed by atoms with Gasteiger partial charge in [0.1, 0.15) is 0 Å². The van der Waals surface area contributed by atoms with Crippen LogP contribution in [0.15, 0.2) is 24.3 Å². The van der Waals surface area contributed by atoms with Crippen LogP contribution in [0.3, 0.4) is 0 Å². The van der Waals surface area contributed by atoms with Crippen molar-refractivity contribution in [1.29, 1.82) is 0 Å². The van der Waals surface area contributed by atoms with E-state index in [1.54, 1.807) is 0 Å². The van der Waals surface area contributed by atoms with E-state index in [9.17, 15) is 18.0 Å². The van der Waals surface area contributed by atoms with Crippen LogP contribution in [0, 0.1) is 0 Å². The molecule has 0 aromatic heterocycles. The van der Waals surface area contributed by atoms with Crippen molar-refractivity contribution in [3.05, 3.63) is 35.4 Å². The molecule has 0 saturated carbocycles. The fourth-order valence-corrected chi connectivity index (χ4v) is 1.75. The van der Waals surface area contributed by atoms with Gasteiger partial charge in [0.15, 0.2) is 6.29 Å². The first kappa shape index (κ1) is 13.8. The fraction of sp³-hybridized carbons (Fsp3) is 0.417. The number of hydrogen-bond acceptors (Lipinski definition) is 3. The topological polar surface area (TPSA) is 55.8 Å². The van der Waals surface area contributed by atoms with Crippen LogP contribution < -0.4 is 0 Å². The van der Waals surface area contributed by atoms with E-state index in [1.165, 1.54) is 12.1 Å². The first-order valence-corrected chi connectivity index (χ1v) is 5.52. The highest BCUT2D eigenvalue weighted by Crippen LogP contribution is 2.32. The molecule has 1 saturated heterocycles. The predicted octanol–water partition coefficient (Wildman–Crippen LogP) is 2.59. The molecule has 104 valence electrons. The van der Waals surface area contributed by atoms with Gasteiger partial charge < -0.3 is 14.6 Å². The van der Waals surface area contributed by atoms with Crippen molar-refractivity contribution >= 4 is 5.97 Å². The zero-order valence-corrected chi connectivity index (χ0v) is 9.68. The van der Waals surface area contributed by atoms with Crippen molar-refractivity contribution in [2.24, 2.45) is 0 Å². The van der Waals surface area contributed by atoms with E-state index < -0.39 is 30.1 Å². The number of benzene rings is 1. The van der Waals surface area contributed by atoms with Gasteiger partial charge in [-0.3, -0.25) is 4.79 Å². The average molecular weight is 276 g/mol. The first-order valence-electron chi connectivity index (χ1n) is 5.52. The lowest BCUT2D eigenvalue weighted by molar-refractivity contribution is -0.140. The highest BCUT2D eigenvalue weighted by Gasteiger charge is 2.32. The second kappa shape index (κ2) is 5.18. The predicted molar refractivity (Wildman–Crippen MR) is 57.3 cm³/mol. The quantitative estimate of drug-likeness (QED) is 0.922. The molecule has 1 aliphatic heterocycles. The Labute approximate surface area is 106 Å². The standard InChI is InChI=1S/C12H11F3O4/c13-12(14,15)8-3-1-7(2-4-8)11-18-6-9(19-11)5-10(16)17/h1-4,9,11H,5-6H2,(H,16,17). The minimum Gasteiger partial charge on any atom is -0.481 e. The van der Waals surface area contributed by atoms with Gasteiger partial charge in [-0.25, -0.2) is 0 Å². The lowest BCUT2D eigenvalue weighted by Gasteiger charge is -2.12. The zero-order chi connectivity index (χ0) is 14.0. The highest BCUT2D eigenvalue weighted by molar-refractivity contribution is 5.67. The van der Waals surface area contributed by atoms with Crippen LogP contribution in [0.5, 0.6) is 0 Å². The van der Waals surface area contributed by atoms with Crippen LogP contribution in [-0.4, -0.2) is 23.8 Å². The molecule has 4 nitrogen and oxygen atoms in total. The molecule has 0 spiro atoms. The number of aliphatic carboxylic acids is 1. The number of ether oxygens (including phenoxy) is 2. The van der Waals surface area contributed by atoms with Crippen LogP contribution >= 0.6 is 0 Å². The third kappa shape index (κ3) is 3.45. The molecule has 2 atom stereocenters. The molecule has 1 aromatic carbocycles. The number of alkyl halides is 3. The average Bonchev–Trinajstić information content (AvgIpc) is 2.75. The maximum absolute atomic E-state index is 12.4. The number of carbonyl (C=O) groups is 1. The minimum atomic E-state index is -4.39. The Morgan fingerprint density at radius 1 is 1.32 bits per heavy atom. The van der Waals surface area contributed by atoms with E-state index in [1.807, 2.05) is 0 Å². The summed E-state index contributed by atoms with van der Waals surface area (Å²) in [5, 5.41) is 8.60. The van der Waals surface area contributed by atoms with Crippen LogP contribution in [-0.2, 0) is 20.4 Å². The van der Waals surface area contributed by atoms with Crippen LogP contribution in [0.2, 0.25) is 0 Å². The van der Waals surface area contributed by atoms with E-state index in [0.29, 0.717) is 5.56 Å². The molecule has 1 N–H and O–H groups in total. The van der Waals surface area contributed by atoms with Crippen molar-refractivity contribution in [1.82, 2.24) is 0 Å². The largest absolute Gasteiger partial charge is 0.481 e. The first-order chi connectivity index (χ1) is 8.86. The smallest absolute Gasteiger partial charge is 0.416 e. The van der Waals surface area contributed by atoms with E-state index in [-0.39, 0.29) is 13.0 Å². The molecular formula is C12H11F3O4. The molecule has 19 heavy (non-hydrogen) atoms. The molecule has 1 fully saturated rings. The maximum Gasteiger partial charge on any atom is 0.416 e. The van der Waals surface area contributed by atoms with Crippen molar-refractivity contribution in [3.8, 4) is 0 Å². The summed E-state index contributed by atoms with van der Waals surface area (Å²) in [6.07, 6.45) is -5.98. The molecule has 1 aromatic rings. The second-order valence-electron chi connectivity index (χ2n) is 4.14. The number of carboxylic acid groups (broad SMARTS) is 1. The Balaban J connectivity index is 2.02. The number of halogens is 3. The molecule has 0 radical (unpaired) electrons. The minimum absolute atomic E-state index is 0.109. The van der Waals surface area contributed by atoms with E-state index in [0.717, 1.165) is 12.1 Å². The van der Waals surface area contributed by atoms with Gasteiger partial charge in [0.2, 0.25) is 0 Å². The van der Waals surface area contributed by atoms with Gasteiger partial charge in [-0.1, -0.05) is 12.1 Å².